The SMILES string of the molecule is C=CCN(CCOC)C(=O)C1CC2CCC1N2. The summed E-state index contributed by atoms with van der Waals surface area (Å²) >= 11 is 0. The number of hydrogen-bond donors (Lipinski definition) is 1. The third-order valence-corrected chi connectivity index (χ3v) is 3.84. The number of carbonyl (C=O) groups excluding carboxylic acids is 1. The molecule has 4 nitrogen and oxygen atoms in total. The zero-order chi connectivity index (χ0) is 12.3. The third kappa shape index (κ3) is 2.69. The number of fused-ring (bicyclic) bond motifs is 2. The molecule has 2 rings (SSSR count). The summed E-state index contributed by atoms with van der Waals surface area (Å²) in [6, 6.07) is 0.976. The van der Waals surface area contributed by atoms with Gasteiger partial charge in [-0.1, -0.05) is 6.08 Å². The van der Waals surface area contributed by atoms with E-state index in [1.165, 1.54) is 6.42 Å². The molecule has 0 spiro atoms. The first kappa shape index (κ1) is 12.6. The fourth-order valence-electron chi connectivity index (χ4n) is 2.98. The van der Waals surface area contributed by atoms with E-state index in [0.717, 1.165) is 12.8 Å². The Morgan fingerprint density at radius 2 is 2.41 bits per heavy atom. The summed E-state index contributed by atoms with van der Waals surface area (Å²) < 4.78 is 5.05. The molecule has 2 bridgehead atoms. The van der Waals surface area contributed by atoms with Gasteiger partial charge in [0.2, 0.25) is 5.91 Å². The molecular weight excluding hydrogens is 216 g/mol. The second kappa shape index (κ2) is 5.65. The number of ether oxygens (including phenoxy) is 1. The maximum atomic E-state index is 12.4. The van der Waals surface area contributed by atoms with Crippen molar-refractivity contribution < 1.29 is 9.53 Å². The summed E-state index contributed by atoms with van der Waals surface area (Å²) in [5.74, 6) is 0.437. The van der Waals surface area contributed by atoms with Gasteiger partial charge in [0.05, 0.1) is 12.5 Å². The molecule has 3 unspecified atom stereocenters. The van der Waals surface area contributed by atoms with Crippen LogP contribution in [0.15, 0.2) is 12.7 Å². The Balaban J connectivity index is 1.93. The van der Waals surface area contributed by atoms with Gasteiger partial charge in [-0.05, 0) is 19.3 Å². The minimum atomic E-state index is 0.172. The lowest BCUT2D eigenvalue weighted by atomic mass is 9.88. The van der Waals surface area contributed by atoms with E-state index in [9.17, 15) is 4.79 Å². The molecule has 0 aliphatic carbocycles. The van der Waals surface area contributed by atoms with Crippen LogP contribution in [-0.4, -0.2) is 49.7 Å². The van der Waals surface area contributed by atoms with Crippen LogP contribution in [0.3, 0.4) is 0 Å². The van der Waals surface area contributed by atoms with Crippen LogP contribution in [0.5, 0.6) is 0 Å². The van der Waals surface area contributed by atoms with Crippen molar-refractivity contribution in [2.75, 3.05) is 26.8 Å². The fraction of sp³-hybridized carbons (Fsp3) is 0.769. The molecule has 2 saturated heterocycles. The van der Waals surface area contributed by atoms with Crippen molar-refractivity contribution in [1.82, 2.24) is 10.2 Å². The molecule has 96 valence electrons. The summed E-state index contributed by atoms with van der Waals surface area (Å²) in [6.45, 7) is 5.59. The van der Waals surface area contributed by atoms with Crippen molar-refractivity contribution >= 4 is 5.91 Å². The quantitative estimate of drug-likeness (QED) is 0.696. The summed E-state index contributed by atoms with van der Waals surface area (Å²) in [7, 11) is 1.66. The molecule has 0 aromatic carbocycles. The fourth-order valence-corrected chi connectivity index (χ4v) is 2.98. The summed E-state index contributed by atoms with van der Waals surface area (Å²) in [5, 5.41) is 3.51. The Hall–Kier alpha value is -0.870. The highest BCUT2D eigenvalue weighted by atomic mass is 16.5. The van der Waals surface area contributed by atoms with Crippen molar-refractivity contribution in [3.05, 3.63) is 12.7 Å². The Bertz CT molecular complexity index is 293. The maximum absolute atomic E-state index is 12.4. The van der Waals surface area contributed by atoms with Gasteiger partial charge in [-0.25, -0.2) is 0 Å². The first-order valence-corrected chi connectivity index (χ1v) is 6.41. The summed E-state index contributed by atoms with van der Waals surface area (Å²) in [5.41, 5.74) is 0. The highest BCUT2D eigenvalue weighted by Gasteiger charge is 2.43. The first-order chi connectivity index (χ1) is 8.26. The van der Waals surface area contributed by atoms with E-state index >= 15 is 0 Å². The lowest BCUT2D eigenvalue weighted by Gasteiger charge is -2.27. The van der Waals surface area contributed by atoms with Crippen molar-refractivity contribution in [1.29, 1.82) is 0 Å². The zero-order valence-corrected chi connectivity index (χ0v) is 10.5. The topological polar surface area (TPSA) is 41.6 Å². The van der Waals surface area contributed by atoms with Crippen LogP contribution in [0.4, 0.5) is 0 Å². The standard InChI is InChI=1S/C13H22N2O2/c1-3-6-15(7-8-17-2)13(16)11-9-10-4-5-12(11)14-10/h3,10-12,14H,1,4-9H2,2H3. The molecule has 2 aliphatic rings. The summed E-state index contributed by atoms with van der Waals surface area (Å²) in [6.07, 6.45) is 5.17. The molecule has 0 radical (unpaired) electrons. The van der Waals surface area contributed by atoms with Crippen LogP contribution in [0.2, 0.25) is 0 Å². The van der Waals surface area contributed by atoms with E-state index in [1.807, 2.05) is 4.90 Å². The van der Waals surface area contributed by atoms with Crippen LogP contribution in [0.25, 0.3) is 0 Å². The lowest BCUT2D eigenvalue weighted by molar-refractivity contribution is -0.136. The van der Waals surface area contributed by atoms with Gasteiger partial charge in [0.1, 0.15) is 0 Å². The van der Waals surface area contributed by atoms with E-state index < -0.39 is 0 Å². The number of nitrogens with zero attached hydrogens (tertiary/aromatic N) is 1. The number of carbonyl (C=O) groups is 1. The van der Waals surface area contributed by atoms with Gasteiger partial charge in [0.15, 0.2) is 0 Å². The average Bonchev–Trinajstić information content (AvgIpc) is 2.95. The van der Waals surface area contributed by atoms with Crippen molar-refractivity contribution in [3.63, 3.8) is 0 Å². The number of rotatable bonds is 6. The predicted octanol–water partition coefficient (Wildman–Crippen LogP) is 0.788. The lowest BCUT2D eigenvalue weighted by Crippen LogP contribution is -2.42. The van der Waals surface area contributed by atoms with Gasteiger partial charge in [-0.15, -0.1) is 6.58 Å². The molecule has 17 heavy (non-hydrogen) atoms. The molecule has 0 aromatic heterocycles. The Morgan fingerprint density at radius 3 is 2.94 bits per heavy atom. The molecule has 2 heterocycles. The monoisotopic (exact) mass is 238 g/mol. The van der Waals surface area contributed by atoms with E-state index in [0.29, 0.717) is 31.8 Å². The molecule has 4 heteroatoms. The second-order valence-electron chi connectivity index (χ2n) is 4.96. The highest BCUT2D eigenvalue weighted by molar-refractivity contribution is 5.80. The predicted molar refractivity (Wildman–Crippen MR) is 66.7 cm³/mol. The van der Waals surface area contributed by atoms with Crippen LogP contribution >= 0.6 is 0 Å². The molecule has 1 amide bonds. The molecule has 3 atom stereocenters. The van der Waals surface area contributed by atoms with Crippen LogP contribution < -0.4 is 5.32 Å². The molecule has 1 N–H and O–H groups in total. The van der Waals surface area contributed by atoms with E-state index in [4.69, 9.17) is 4.74 Å². The Labute approximate surface area is 103 Å². The molecule has 0 aromatic rings. The minimum Gasteiger partial charge on any atom is -0.383 e. The zero-order valence-electron chi connectivity index (χ0n) is 10.5. The third-order valence-electron chi connectivity index (χ3n) is 3.84. The summed E-state index contributed by atoms with van der Waals surface area (Å²) in [4.78, 5) is 14.3. The van der Waals surface area contributed by atoms with Crippen LogP contribution in [-0.2, 0) is 9.53 Å². The number of amides is 1. The maximum Gasteiger partial charge on any atom is 0.227 e. The molecular formula is C13H22N2O2. The average molecular weight is 238 g/mol. The van der Waals surface area contributed by atoms with Crippen LogP contribution in [0, 0.1) is 5.92 Å². The van der Waals surface area contributed by atoms with Gasteiger partial charge >= 0.3 is 0 Å². The molecule has 2 aliphatic heterocycles. The highest BCUT2D eigenvalue weighted by Crippen LogP contribution is 2.34. The van der Waals surface area contributed by atoms with Crippen molar-refractivity contribution in [2.24, 2.45) is 5.92 Å². The van der Waals surface area contributed by atoms with Gasteiger partial charge in [-0.3, -0.25) is 4.79 Å². The first-order valence-electron chi connectivity index (χ1n) is 6.41. The van der Waals surface area contributed by atoms with E-state index in [1.54, 1.807) is 13.2 Å². The smallest absolute Gasteiger partial charge is 0.227 e. The van der Waals surface area contributed by atoms with E-state index in [-0.39, 0.29) is 11.8 Å². The van der Waals surface area contributed by atoms with Crippen molar-refractivity contribution in [3.8, 4) is 0 Å². The largest absolute Gasteiger partial charge is 0.383 e. The Morgan fingerprint density at radius 1 is 1.59 bits per heavy atom. The van der Waals surface area contributed by atoms with Crippen LogP contribution in [0.1, 0.15) is 19.3 Å². The van der Waals surface area contributed by atoms with Crippen molar-refractivity contribution in [2.45, 2.75) is 31.3 Å². The number of nitrogens with one attached hydrogen (secondary N) is 1. The molecule has 2 fully saturated rings. The normalized spacial score (nSPS) is 30.5. The second-order valence-corrected chi connectivity index (χ2v) is 4.96. The minimum absolute atomic E-state index is 0.172. The molecule has 0 saturated carbocycles. The number of hydrogen-bond acceptors (Lipinski definition) is 3. The Kier molecular flexibility index (Phi) is 4.18. The van der Waals surface area contributed by atoms with E-state index in [2.05, 4.69) is 11.9 Å². The van der Waals surface area contributed by atoms with Gasteiger partial charge < -0.3 is 15.0 Å². The van der Waals surface area contributed by atoms with Gasteiger partial charge in [0, 0.05) is 32.3 Å². The van der Waals surface area contributed by atoms with Gasteiger partial charge in [-0.2, -0.15) is 0 Å². The number of methoxy groups -OCH3 is 1. The van der Waals surface area contributed by atoms with Gasteiger partial charge in [0.25, 0.3) is 0 Å².